The van der Waals surface area contributed by atoms with Crippen molar-refractivity contribution in [2.45, 2.75) is 58.3 Å². The molecule has 1 aromatic heterocycles. The molecule has 3 rings (SSSR count). The predicted molar refractivity (Wildman–Crippen MR) is 113 cm³/mol. The highest BCUT2D eigenvalue weighted by atomic mass is 19.4. The van der Waals surface area contributed by atoms with Gasteiger partial charge in [-0.15, -0.1) is 0 Å². The van der Waals surface area contributed by atoms with Crippen LogP contribution in [0.1, 0.15) is 57.2 Å². The first-order chi connectivity index (χ1) is 14.9. The number of alkyl halides is 3. The molecule has 1 amide bonds. The molecule has 10 heteroatoms. The van der Waals surface area contributed by atoms with Crippen LogP contribution in [0.25, 0.3) is 0 Å². The van der Waals surface area contributed by atoms with Crippen LogP contribution in [-0.2, 0) is 11.0 Å². The fourth-order valence-electron chi connectivity index (χ4n) is 3.92. The van der Waals surface area contributed by atoms with Crippen LogP contribution < -0.4 is 16.0 Å². The lowest BCUT2D eigenvalue weighted by atomic mass is 9.88. The molecular weight excluding hydrogens is 426 g/mol. The third-order valence-electron chi connectivity index (χ3n) is 5.39. The Morgan fingerprint density at radius 3 is 2.44 bits per heavy atom. The van der Waals surface area contributed by atoms with Gasteiger partial charge in [0.25, 0.3) is 0 Å². The van der Waals surface area contributed by atoms with Crippen molar-refractivity contribution in [3.8, 4) is 0 Å². The van der Waals surface area contributed by atoms with Gasteiger partial charge in [-0.05, 0) is 42.4 Å². The Balaban J connectivity index is 1.87. The number of nitrogens with two attached hydrogens (primary N) is 1. The number of halogens is 4. The first kappa shape index (κ1) is 23.7. The number of hydrogen-bond donors (Lipinski definition) is 2. The van der Waals surface area contributed by atoms with Gasteiger partial charge in [0.05, 0.1) is 11.6 Å². The van der Waals surface area contributed by atoms with Gasteiger partial charge < -0.3 is 16.0 Å². The Labute approximate surface area is 184 Å². The zero-order chi connectivity index (χ0) is 23.7. The van der Waals surface area contributed by atoms with Gasteiger partial charge in [0, 0.05) is 6.54 Å². The lowest BCUT2D eigenvalue weighted by molar-refractivity contribution is -0.137. The Bertz CT molecular complexity index is 956. The van der Waals surface area contributed by atoms with Crippen molar-refractivity contribution in [2.24, 2.45) is 11.1 Å². The van der Waals surface area contributed by atoms with E-state index in [0.717, 1.165) is 18.6 Å². The molecule has 1 aromatic carbocycles. The largest absolute Gasteiger partial charge is 0.416 e. The molecule has 0 radical (unpaired) electrons. The van der Waals surface area contributed by atoms with Gasteiger partial charge in [0.2, 0.25) is 11.7 Å². The van der Waals surface area contributed by atoms with Crippen LogP contribution in [0.4, 0.5) is 29.2 Å². The average Bonchev–Trinajstić information content (AvgIpc) is 3.17. The molecule has 1 saturated heterocycles. The van der Waals surface area contributed by atoms with E-state index < -0.39 is 29.5 Å². The molecule has 0 bridgehead atoms. The topological polar surface area (TPSA) is 84.1 Å². The summed E-state index contributed by atoms with van der Waals surface area (Å²) in [7, 11) is 0. The molecule has 2 aromatic rings. The van der Waals surface area contributed by atoms with Crippen LogP contribution in [0, 0.1) is 11.2 Å². The van der Waals surface area contributed by atoms with E-state index in [4.69, 9.17) is 5.73 Å². The molecule has 6 nitrogen and oxygen atoms in total. The van der Waals surface area contributed by atoms with E-state index in [1.54, 1.807) is 4.90 Å². The van der Waals surface area contributed by atoms with E-state index in [1.807, 2.05) is 20.8 Å². The minimum absolute atomic E-state index is 0.0314. The highest BCUT2D eigenvalue weighted by Gasteiger charge is 2.33. The van der Waals surface area contributed by atoms with E-state index in [0.29, 0.717) is 24.9 Å². The summed E-state index contributed by atoms with van der Waals surface area (Å²) < 4.78 is 54.0. The molecule has 0 saturated carbocycles. The second-order valence-corrected chi connectivity index (χ2v) is 9.20. The molecule has 174 valence electrons. The van der Waals surface area contributed by atoms with Crippen molar-refractivity contribution < 1.29 is 22.4 Å². The molecule has 1 aliphatic heterocycles. The number of rotatable bonds is 6. The van der Waals surface area contributed by atoms with Crippen molar-refractivity contribution in [1.29, 1.82) is 0 Å². The quantitative estimate of drug-likeness (QED) is 0.621. The zero-order valence-electron chi connectivity index (χ0n) is 18.2. The zero-order valence-corrected chi connectivity index (χ0v) is 18.2. The van der Waals surface area contributed by atoms with Crippen molar-refractivity contribution in [3.05, 3.63) is 47.5 Å². The summed E-state index contributed by atoms with van der Waals surface area (Å²) in [5, 5.41) is 2.79. The molecule has 32 heavy (non-hydrogen) atoms. The Kier molecular flexibility index (Phi) is 6.61. The molecular formula is C22H27F4N5O. The van der Waals surface area contributed by atoms with Crippen LogP contribution >= 0.6 is 0 Å². The Morgan fingerprint density at radius 1 is 1.22 bits per heavy atom. The van der Waals surface area contributed by atoms with Gasteiger partial charge in [-0.3, -0.25) is 4.79 Å². The monoisotopic (exact) mass is 453 g/mol. The average molecular weight is 453 g/mol. The third kappa shape index (κ3) is 5.46. The van der Waals surface area contributed by atoms with Crippen LogP contribution in [0.5, 0.6) is 0 Å². The predicted octanol–water partition coefficient (Wildman–Crippen LogP) is 4.68. The van der Waals surface area contributed by atoms with E-state index in [1.165, 1.54) is 18.5 Å². The third-order valence-corrected chi connectivity index (χ3v) is 5.39. The molecule has 3 N–H and O–H groups in total. The Morgan fingerprint density at radius 2 is 1.88 bits per heavy atom. The van der Waals surface area contributed by atoms with Gasteiger partial charge in [-0.1, -0.05) is 32.9 Å². The fourth-order valence-corrected chi connectivity index (χ4v) is 3.92. The van der Waals surface area contributed by atoms with Gasteiger partial charge in [0.15, 0.2) is 11.6 Å². The number of aromatic nitrogens is 2. The summed E-state index contributed by atoms with van der Waals surface area (Å²) in [5.74, 6) is -1.46. The van der Waals surface area contributed by atoms with Crippen LogP contribution in [0.15, 0.2) is 30.6 Å². The molecule has 0 unspecified atom stereocenters. The second-order valence-electron chi connectivity index (χ2n) is 9.20. The van der Waals surface area contributed by atoms with Gasteiger partial charge in [-0.2, -0.15) is 17.6 Å². The Hall–Kier alpha value is -2.91. The van der Waals surface area contributed by atoms with E-state index >= 15 is 4.39 Å². The summed E-state index contributed by atoms with van der Waals surface area (Å²) >= 11 is 0. The van der Waals surface area contributed by atoms with Crippen LogP contribution in [0.3, 0.4) is 0 Å². The number of anilines is 2. The second kappa shape index (κ2) is 8.91. The van der Waals surface area contributed by atoms with E-state index in [-0.39, 0.29) is 23.1 Å². The van der Waals surface area contributed by atoms with Gasteiger partial charge in [-0.25, -0.2) is 9.97 Å². The van der Waals surface area contributed by atoms with Gasteiger partial charge >= 0.3 is 6.18 Å². The SMILES string of the molecule is CC(C)(C)C[C@@H](Nc1ncnc(N2CCC[C@@H]2c2ccc(C(F)(F)F)cc2)c1F)C(N)=O. The minimum atomic E-state index is -4.42. The highest BCUT2D eigenvalue weighted by Crippen LogP contribution is 2.38. The number of hydrogen-bond acceptors (Lipinski definition) is 5. The van der Waals surface area contributed by atoms with Crippen LogP contribution in [-0.4, -0.2) is 28.5 Å². The van der Waals surface area contributed by atoms with E-state index in [9.17, 15) is 18.0 Å². The summed E-state index contributed by atoms with van der Waals surface area (Å²) in [6.45, 7) is 6.29. The van der Waals surface area contributed by atoms with Crippen molar-refractivity contribution in [1.82, 2.24) is 9.97 Å². The van der Waals surface area contributed by atoms with Crippen molar-refractivity contribution in [3.63, 3.8) is 0 Å². The summed E-state index contributed by atoms with van der Waals surface area (Å²) in [6.07, 6.45) is -1.48. The summed E-state index contributed by atoms with van der Waals surface area (Å²) in [5.41, 5.74) is 5.16. The number of primary amides is 1. The maximum Gasteiger partial charge on any atom is 0.416 e. The number of carbonyl (C=O) groups excluding carboxylic acids is 1. The number of amides is 1. The minimum Gasteiger partial charge on any atom is -0.368 e. The normalized spacial score (nSPS) is 18.0. The van der Waals surface area contributed by atoms with Crippen molar-refractivity contribution in [2.75, 3.05) is 16.8 Å². The van der Waals surface area contributed by atoms with E-state index in [2.05, 4.69) is 15.3 Å². The van der Waals surface area contributed by atoms with Crippen molar-refractivity contribution >= 4 is 17.5 Å². The molecule has 0 aliphatic carbocycles. The maximum atomic E-state index is 15.4. The first-order valence-electron chi connectivity index (χ1n) is 10.4. The molecule has 0 spiro atoms. The lowest BCUT2D eigenvalue weighted by Gasteiger charge is -2.28. The standard InChI is InChI=1S/C22H27F4N5O/c1-21(2,3)11-15(18(27)32)30-19-17(23)20(29-12-28-19)31-10-4-5-16(31)13-6-8-14(9-7-13)22(24,25)26/h6-9,12,15-16H,4-5,10-11H2,1-3H3,(H2,27,32)(H,28,29,30)/t15-,16-/m1/s1. The maximum absolute atomic E-state index is 15.4. The van der Waals surface area contributed by atoms with Crippen LogP contribution in [0.2, 0.25) is 0 Å². The molecule has 1 fully saturated rings. The van der Waals surface area contributed by atoms with Gasteiger partial charge in [0.1, 0.15) is 12.4 Å². The first-order valence-corrected chi connectivity index (χ1v) is 10.4. The number of nitrogens with zero attached hydrogens (tertiary/aromatic N) is 3. The fraction of sp³-hybridized carbons (Fsp3) is 0.500. The number of nitrogens with one attached hydrogen (secondary N) is 1. The molecule has 1 aliphatic rings. The summed E-state index contributed by atoms with van der Waals surface area (Å²) in [4.78, 5) is 21.6. The molecule has 2 atom stereocenters. The number of carbonyl (C=O) groups is 1. The highest BCUT2D eigenvalue weighted by molar-refractivity contribution is 5.82. The number of benzene rings is 1. The smallest absolute Gasteiger partial charge is 0.368 e. The summed E-state index contributed by atoms with van der Waals surface area (Å²) in [6, 6.07) is 3.73. The molecule has 2 heterocycles. The lowest BCUT2D eigenvalue weighted by Crippen LogP contribution is -2.39.